The molecule has 4 nitrogen and oxygen atoms in total. The number of carbonyl (C=O) groups is 1. The third kappa shape index (κ3) is 2.86. The summed E-state index contributed by atoms with van der Waals surface area (Å²) in [7, 11) is 0. The molecule has 3 rings (SSSR count). The van der Waals surface area contributed by atoms with Crippen LogP contribution in [-0.2, 0) is 11.2 Å². The molecule has 20 heavy (non-hydrogen) atoms. The van der Waals surface area contributed by atoms with E-state index in [1.807, 2.05) is 18.2 Å². The Bertz CT molecular complexity index is 479. The minimum absolute atomic E-state index is 0.0279. The second-order valence-corrected chi connectivity index (χ2v) is 6.31. The van der Waals surface area contributed by atoms with Crippen LogP contribution in [0.1, 0.15) is 31.2 Å². The first-order chi connectivity index (χ1) is 9.57. The van der Waals surface area contributed by atoms with Crippen molar-refractivity contribution in [3.63, 3.8) is 0 Å². The quantitative estimate of drug-likeness (QED) is 0.749. The first-order valence-electron chi connectivity index (χ1n) is 7.39. The number of aliphatic hydroxyl groups is 1. The number of amides is 1. The van der Waals surface area contributed by atoms with Crippen molar-refractivity contribution in [2.24, 2.45) is 11.7 Å². The molecular formula is C16H22N2O2. The number of aliphatic hydroxyl groups excluding tert-OH is 1. The highest BCUT2D eigenvalue weighted by Crippen LogP contribution is 2.35. The topological polar surface area (TPSA) is 75.4 Å². The Morgan fingerprint density at radius 3 is 2.55 bits per heavy atom. The highest BCUT2D eigenvalue weighted by Gasteiger charge is 2.47. The summed E-state index contributed by atoms with van der Waals surface area (Å²) in [6.07, 6.45) is 3.71. The Morgan fingerprint density at radius 1 is 1.35 bits per heavy atom. The minimum atomic E-state index is -0.628. The van der Waals surface area contributed by atoms with E-state index >= 15 is 0 Å². The molecule has 0 unspecified atom stereocenters. The van der Waals surface area contributed by atoms with E-state index in [1.54, 1.807) is 0 Å². The van der Waals surface area contributed by atoms with Crippen molar-refractivity contribution >= 4 is 5.91 Å². The molecule has 1 amide bonds. The minimum Gasteiger partial charge on any atom is -0.393 e. The molecule has 0 aromatic heterocycles. The summed E-state index contributed by atoms with van der Waals surface area (Å²) in [6.45, 7) is 0. The van der Waals surface area contributed by atoms with E-state index in [1.165, 1.54) is 5.56 Å². The van der Waals surface area contributed by atoms with Gasteiger partial charge < -0.3 is 16.2 Å². The van der Waals surface area contributed by atoms with Crippen LogP contribution >= 0.6 is 0 Å². The molecule has 0 saturated heterocycles. The third-order valence-corrected chi connectivity index (χ3v) is 4.57. The monoisotopic (exact) mass is 274 g/mol. The Balaban J connectivity index is 1.66. The van der Waals surface area contributed by atoms with Gasteiger partial charge in [-0.25, -0.2) is 0 Å². The van der Waals surface area contributed by atoms with Crippen molar-refractivity contribution in [3.05, 3.63) is 35.9 Å². The molecule has 0 bridgehead atoms. The predicted molar refractivity (Wildman–Crippen MR) is 77.0 cm³/mol. The van der Waals surface area contributed by atoms with Gasteiger partial charge in [-0.3, -0.25) is 4.79 Å². The van der Waals surface area contributed by atoms with Crippen LogP contribution in [-0.4, -0.2) is 28.7 Å². The van der Waals surface area contributed by atoms with Crippen molar-refractivity contribution in [2.75, 3.05) is 0 Å². The summed E-state index contributed by atoms with van der Waals surface area (Å²) < 4.78 is 0. The fourth-order valence-electron chi connectivity index (χ4n) is 2.84. The zero-order chi connectivity index (χ0) is 14.2. The Labute approximate surface area is 119 Å². The maximum atomic E-state index is 12.2. The van der Waals surface area contributed by atoms with Crippen molar-refractivity contribution in [2.45, 2.75) is 49.8 Å². The van der Waals surface area contributed by atoms with Crippen LogP contribution in [0.2, 0.25) is 0 Å². The van der Waals surface area contributed by atoms with E-state index in [0.717, 1.165) is 32.1 Å². The molecule has 2 fully saturated rings. The van der Waals surface area contributed by atoms with Crippen LogP contribution in [0.15, 0.2) is 30.3 Å². The van der Waals surface area contributed by atoms with Gasteiger partial charge in [0.15, 0.2) is 0 Å². The molecule has 2 saturated carbocycles. The molecule has 0 aliphatic heterocycles. The zero-order valence-electron chi connectivity index (χ0n) is 11.6. The van der Waals surface area contributed by atoms with E-state index in [4.69, 9.17) is 5.73 Å². The SMILES string of the molecule is NC1(C(=O)N[C@H](Cc2ccccc2)C2CC(O)C2)CC1. The lowest BCUT2D eigenvalue weighted by Crippen LogP contribution is -2.53. The lowest BCUT2D eigenvalue weighted by Gasteiger charge is -2.38. The molecule has 4 heteroatoms. The number of hydrogen-bond donors (Lipinski definition) is 3. The van der Waals surface area contributed by atoms with Gasteiger partial charge in [-0.1, -0.05) is 30.3 Å². The number of nitrogens with one attached hydrogen (secondary N) is 1. The van der Waals surface area contributed by atoms with Crippen molar-refractivity contribution in [3.8, 4) is 0 Å². The first-order valence-corrected chi connectivity index (χ1v) is 7.39. The van der Waals surface area contributed by atoms with Crippen molar-refractivity contribution in [1.29, 1.82) is 0 Å². The largest absolute Gasteiger partial charge is 0.393 e. The number of benzene rings is 1. The fourth-order valence-corrected chi connectivity index (χ4v) is 2.84. The molecule has 108 valence electrons. The average molecular weight is 274 g/mol. The first kappa shape index (κ1) is 13.6. The predicted octanol–water partition coefficient (Wildman–Crippen LogP) is 0.976. The van der Waals surface area contributed by atoms with Crippen molar-refractivity contribution < 1.29 is 9.90 Å². The maximum Gasteiger partial charge on any atom is 0.240 e. The summed E-state index contributed by atoms with van der Waals surface area (Å²) >= 11 is 0. The second kappa shape index (κ2) is 5.19. The standard InChI is InChI=1S/C16H22N2O2/c17-16(6-7-16)15(20)18-14(12-9-13(19)10-12)8-11-4-2-1-3-5-11/h1-5,12-14,19H,6-10,17H2,(H,18,20)/t12?,13?,14-/m1/s1. The van der Waals surface area contributed by atoms with E-state index in [-0.39, 0.29) is 18.1 Å². The fraction of sp³-hybridized carbons (Fsp3) is 0.562. The third-order valence-electron chi connectivity index (χ3n) is 4.57. The van der Waals surface area contributed by atoms with Crippen LogP contribution in [0.3, 0.4) is 0 Å². The highest BCUT2D eigenvalue weighted by atomic mass is 16.3. The summed E-state index contributed by atoms with van der Waals surface area (Å²) in [5.74, 6) is 0.330. The number of hydrogen-bond acceptors (Lipinski definition) is 3. The van der Waals surface area contributed by atoms with Gasteiger partial charge in [-0.2, -0.15) is 0 Å². The Kier molecular flexibility index (Phi) is 3.52. The lowest BCUT2D eigenvalue weighted by molar-refractivity contribution is -0.125. The highest BCUT2D eigenvalue weighted by molar-refractivity contribution is 5.89. The second-order valence-electron chi connectivity index (χ2n) is 6.31. The van der Waals surface area contributed by atoms with Gasteiger partial charge in [0.2, 0.25) is 5.91 Å². The van der Waals surface area contributed by atoms with Crippen LogP contribution < -0.4 is 11.1 Å². The van der Waals surface area contributed by atoms with Gasteiger partial charge >= 0.3 is 0 Å². The smallest absolute Gasteiger partial charge is 0.240 e. The zero-order valence-corrected chi connectivity index (χ0v) is 11.6. The number of carbonyl (C=O) groups excluding carboxylic acids is 1. The molecule has 2 aliphatic carbocycles. The van der Waals surface area contributed by atoms with Crippen LogP contribution in [0.4, 0.5) is 0 Å². The van der Waals surface area contributed by atoms with E-state index in [9.17, 15) is 9.90 Å². The molecule has 0 heterocycles. The van der Waals surface area contributed by atoms with Crippen molar-refractivity contribution in [1.82, 2.24) is 5.32 Å². The molecule has 0 spiro atoms. The van der Waals surface area contributed by atoms with Crippen LogP contribution in [0, 0.1) is 5.92 Å². The number of rotatable bonds is 5. The molecule has 4 N–H and O–H groups in total. The maximum absolute atomic E-state index is 12.2. The normalized spacial score (nSPS) is 28.3. The Hall–Kier alpha value is -1.39. The van der Waals surface area contributed by atoms with E-state index in [0.29, 0.717) is 5.92 Å². The summed E-state index contributed by atoms with van der Waals surface area (Å²) in [5.41, 5.74) is 6.54. The molecule has 1 aromatic rings. The van der Waals surface area contributed by atoms with Gasteiger partial charge in [0.05, 0.1) is 11.6 Å². The van der Waals surface area contributed by atoms with E-state index < -0.39 is 5.54 Å². The van der Waals surface area contributed by atoms with Crippen LogP contribution in [0.25, 0.3) is 0 Å². The molecular weight excluding hydrogens is 252 g/mol. The summed E-state index contributed by atoms with van der Waals surface area (Å²) in [6, 6.07) is 10.2. The van der Waals surface area contributed by atoms with E-state index in [2.05, 4.69) is 17.4 Å². The van der Waals surface area contributed by atoms with Gasteiger partial charge in [-0.05, 0) is 43.6 Å². The molecule has 1 aromatic carbocycles. The summed E-state index contributed by atoms with van der Waals surface area (Å²) in [5, 5.41) is 12.6. The molecule has 0 radical (unpaired) electrons. The van der Waals surface area contributed by atoms with Gasteiger partial charge in [0.25, 0.3) is 0 Å². The number of nitrogens with two attached hydrogens (primary N) is 1. The average Bonchev–Trinajstić information content (AvgIpc) is 3.15. The summed E-state index contributed by atoms with van der Waals surface area (Å²) in [4.78, 5) is 12.2. The van der Waals surface area contributed by atoms with Gasteiger partial charge in [0, 0.05) is 6.04 Å². The van der Waals surface area contributed by atoms with Gasteiger partial charge in [-0.15, -0.1) is 0 Å². The van der Waals surface area contributed by atoms with Gasteiger partial charge in [0.1, 0.15) is 0 Å². The molecule has 1 atom stereocenters. The molecule has 2 aliphatic rings. The lowest BCUT2D eigenvalue weighted by atomic mass is 9.75. The van der Waals surface area contributed by atoms with Crippen LogP contribution in [0.5, 0.6) is 0 Å². The Morgan fingerprint density at radius 2 is 2.00 bits per heavy atom.